The zero-order valence-corrected chi connectivity index (χ0v) is 16.2. The summed E-state index contributed by atoms with van der Waals surface area (Å²) >= 11 is 0. The van der Waals surface area contributed by atoms with Gasteiger partial charge in [-0.2, -0.15) is 0 Å². The summed E-state index contributed by atoms with van der Waals surface area (Å²) in [7, 11) is 0. The second-order valence-corrected chi connectivity index (χ2v) is 8.29. The summed E-state index contributed by atoms with van der Waals surface area (Å²) in [4.78, 5) is 5.16. The van der Waals surface area contributed by atoms with E-state index in [0.29, 0.717) is 0 Å². The summed E-state index contributed by atoms with van der Waals surface area (Å²) in [5, 5.41) is 0. The van der Waals surface area contributed by atoms with E-state index in [9.17, 15) is 0 Å². The largest absolute Gasteiger partial charge is 0.371 e. The Bertz CT molecular complexity index is 683. The van der Waals surface area contributed by atoms with Crippen LogP contribution in [0.4, 0.5) is 5.69 Å². The maximum Gasteiger partial charge on any atom is 0.0366 e. The van der Waals surface area contributed by atoms with Gasteiger partial charge >= 0.3 is 0 Å². The van der Waals surface area contributed by atoms with Gasteiger partial charge in [0.15, 0.2) is 0 Å². The highest BCUT2D eigenvalue weighted by molar-refractivity contribution is 5.48. The number of hydrogen-bond donors (Lipinski definition) is 0. The van der Waals surface area contributed by atoms with Crippen molar-refractivity contribution in [2.75, 3.05) is 31.1 Å². The fraction of sp³-hybridized carbons (Fsp3) is 0.500. The van der Waals surface area contributed by atoms with Crippen molar-refractivity contribution in [2.45, 2.75) is 45.6 Å². The lowest BCUT2D eigenvalue weighted by Gasteiger charge is -2.26. The number of piperidine rings is 1. The first-order chi connectivity index (χ1) is 12.8. The molecule has 2 nitrogen and oxygen atoms in total. The van der Waals surface area contributed by atoms with Gasteiger partial charge in [-0.1, -0.05) is 48.4 Å². The van der Waals surface area contributed by atoms with Crippen LogP contribution in [-0.4, -0.2) is 31.1 Å². The SMILES string of the molecule is Cc1ccc(N2CCC(Cc3ccc(CN4CCCCC4)cc3)C2)cc1. The molecule has 2 heterocycles. The van der Waals surface area contributed by atoms with Crippen molar-refractivity contribution in [1.29, 1.82) is 0 Å². The van der Waals surface area contributed by atoms with Gasteiger partial charge in [0.2, 0.25) is 0 Å². The van der Waals surface area contributed by atoms with E-state index < -0.39 is 0 Å². The Morgan fingerprint density at radius 3 is 2.23 bits per heavy atom. The quantitative estimate of drug-likeness (QED) is 0.746. The molecule has 1 unspecified atom stereocenters. The maximum atomic E-state index is 2.61. The van der Waals surface area contributed by atoms with Crippen molar-refractivity contribution >= 4 is 5.69 Å². The number of benzene rings is 2. The van der Waals surface area contributed by atoms with Gasteiger partial charge in [0, 0.05) is 25.3 Å². The fourth-order valence-corrected chi connectivity index (χ4v) is 4.48. The van der Waals surface area contributed by atoms with Crippen molar-refractivity contribution in [3.8, 4) is 0 Å². The molecule has 2 aliphatic rings. The van der Waals surface area contributed by atoms with Crippen molar-refractivity contribution in [1.82, 2.24) is 4.90 Å². The van der Waals surface area contributed by atoms with Crippen LogP contribution in [-0.2, 0) is 13.0 Å². The molecule has 2 aliphatic heterocycles. The molecule has 0 N–H and O–H groups in total. The van der Waals surface area contributed by atoms with E-state index in [4.69, 9.17) is 0 Å². The van der Waals surface area contributed by atoms with Crippen molar-refractivity contribution in [2.24, 2.45) is 5.92 Å². The van der Waals surface area contributed by atoms with Crippen LogP contribution in [0.15, 0.2) is 48.5 Å². The predicted octanol–water partition coefficient (Wildman–Crippen LogP) is 5.05. The van der Waals surface area contributed by atoms with Crippen LogP contribution in [0.3, 0.4) is 0 Å². The highest BCUT2D eigenvalue weighted by Gasteiger charge is 2.22. The molecule has 4 rings (SSSR count). The zero-order valence-electron chi connectivity index (χ0n) is 16.2. The molecule has 2 heteroatoms. The van der Waals surface area contributed by atoms with E-state index in [2.05, 4.69) is 65.3 Å². The number of likely N-dealkylation sites (tertiary alicyclic amines) is 1. The highest BCUT2D eigenvalue weighted by atomic mass is 15.1. The number of nitrogens with zero attached hydrogens (tertiary/aromatic N) is 2. The van der Waals surface area contributed by atoms with Gasteiger partial charge in [0.1, 0.15) is 0 Å². The summed E-state index contributed by atoms with van der Waals surface area (Å²) in [6.45, 7) is 8.23. The van der Waals surface area contributed by atoms with E-state index in [-0.39, 0.29) is 0 Å². The van der Waals surface area contributed by atoms with Gasteiger partial charge < -0.3 is 4.90 Å². The predicted molar refractivity (Wildman–Crippen MR) is 111 cm³/mol. The molecule has 0 aromatic heterocycles. The van der Waals surface area contributed by atoms with Crippen LogP contribution >= 0.6 is 0 Å². The highest BCUT2D eigenvalue weighted by Crippen LogP contribution is 2.26. The summed E-state index contributed by atoms with van der Waals surface area (Å²) in [6, 6.07) is 18.4. The lowest BCUT2D eigenvalue weighted by molar-refractivity contribution is 0.221. The van der Waals surface area contributed by atoms with Crippen molar-refractivity contribution in [3.63, 3.8) is 0 Å². The normalized spacial score (nSPS) is 21.3. The first-order valence-corrected chi connectivity index (χ1v) is 10.4. The molecule has 2 saturated heterocycles. The monoisotopic (exact) mass is 348 g/mol. The van der Waals surface area contributed by atoms with Gasteiger partial charge in [-0.05, 0) is 74.9 Å². The maximum absolute atomic E-state index is 2.61. The Labute approximate surface area is 158 Å². The number of hydrogen-bond acceptors (Lipinski definition) is 2. The van der Waals surface area contributed by atoms with Gasteiger partial charge in [-0.15, -0.1) is 0 Å². The third-order valence-electron chi connectivity index (χ3n) is 6.09. The van der Waals surface area contributed by atoms with E-state index in [0.717, 1.165) is 12.5 Å². The molecule has 0 spiro atoms. The number of anilines is 1. The van der Waals surface area contributed by atoms with Crippen LogP contribution < -0.4 is 4.90 Å². The third kappa shape index (κ3) is 4.48. The molecule has 2 aromatic carbocycles. The topological polar surface area (TPSA) is 6.48 Å². The lowest BCUT2D eigenvalue weighted by atomic mass is 9.97. The molecule has 0 amide bonds. The molecule has 1 atom stereocenters. The Kier molecular flexibility index (Phi) is 5.59. The molecule has 0 bridgehead atoms. The minimum absolute atomic E-state index is 0.782. The van der Waals surface area contributed by atoms with Crippen LogP contribution in [0, 0.1) is 12.8 Å². The molecular weight excluding hydrogens is 316 g/mol. The Hall–Kier alpha value is -1.80. The fourth-order valence-electron chi connectivity index (χ4n) is 4.48. The smallest absolute Gasteiger partial charge is 0.0366 e. The molecule has 2 fully saturated rings. The Morgan fingerprint density at radius 1 is 0.808 bits per heavy atom. The van der Waals surface area contributed by atoms with Gasteiger partial charge in [-0.25, -0.2) is 0 Å². The van der Waals surface area contributed by atoms with Crippen LogP contribution in [0.5, 0.6) is 0 Å². The molecule has 0 saturated carbocycles. The lowest BCUT2D eigenvalue weighted by Crippen LogP contribution is -2.29. The van der Waals surface area contributed by atoms with E-state index >= 15 is 0 Å². The van der Waals surface area contributed by atoms with E-state index in [1.165, 1.54) is 80.7 Å². The summed E-state index contributed by atoms with van der Waals surface area (Å²) in [5.41, 5.74) is 5.70. The molecule has 0 aliphatic carbocycles. The van der Waals surface area contributed by atoms with Crippen molar-refractivity contribution in [3.05, 3.63) is 65.2 Å². The summed E-state index contributed by atoms with van der Waals surface area (Å²) in [5.74, 6) is 0.782. The standard InChI is InChI=1S/C24H32N2/c1-20-5-11-24(12-6-20)26-16-13-23(19-26)17-21-7-9-22(10-8-21)18-25-14-3-2-4-15-25/h5-12,23H,2-4,13-19H2,1H3. The molecule has 26 heavy (non-hydrogen) atoms. The van der Waals surface area contributed by atoms with Crippen LogP contribution in [0.25, 0.3) is 0 Å². The minimum Gasteiger partial charge on any atom is -0.371 e. The summed E-state index contributed by atoms with van der Waals surface area (Å²) in [6.07, 6.45) is 6.68. The van der Waals surface area contributed by atoms with Gasteiger partial charge in [0.25, 0.3) is 0 Å². The van der Waals surface area contributed by atoms with Gasteiger partial charge in [-0.3, -0.25) is 4.90 Å². The Morgan fingerprint density at radius 2 is 1.50 bits per heavy atom. The molecular formula is C24H32N2. The average molecular weight is 349 g/mol. The molecule has 2 aromatic rings. The average Bonchev–Trinajstić information content (AvgIpc) is 3.13. The number of aryl methyl sites for hydroxylation is 1. The van der Waals surface area contributed by atoms with Crippen molar-refractivity contribution < 1.29 is 0 Å². The van der Waals surface area contributed by atoms with Crippen LogP contribution in [0.1, 0.15) is 42.4 Å². The first kappa shape index (κ1) is 17.6. The molecule has 138 valence electrons. The molecule has 0 radical (unpaired) electrons. The van der Waals surface area contributed by atoms with E-state index in [1.54, 1.807) is 0 Å². The minimum atomic E-state index is 0.782. The summed E-state index contributed by atoms with van der Waals surface area (Å²) < 4.78 is 0. The zero-order chi connectivity index (χ0) is 17.8. The van der Waals surface area contributed by atoms with Gasteiger partial charge in [0.05, 0.1) is 0 Å². The van der Waals surface area contributed by atoms with Crippen LogP contribution in [0.2, 0.25) is 0 Å². The number of rotatable bonds is 5. The first-order valence-electron chi connectivity index (χ1n) is 10.4. The third-order valence-corrected chi connectivity index (χ3v) is 6.09. The Balaban J connectivity index is 1.29. The second kappa shape index (κ2) is 8.26. The van der Waals surface area contributed by atoms with E-state index in [1.807, 2.05) is 0 Å². The second-order valence-electron chi connectivity index (χ2n) is 8.29.